The molecule has 2 rings (SSSR count). The summed E-state index contributed by atoms with van der Waals surface area (Å²) in [5.74, 6) is 0.850. The first kappa shape index (κ1) is 15.9. The van der Waals surface area contributed by atoms with Crippen LogP contribution in [0.25, 0.3) is 0 Å². The number of hydrogen-bond acceptors (Lipinski definition) is 2. The van der Waals surface area contributed by atoms with Gasteiger partial charge in [-0.2, -0.15) is 0 Å². The Kier molecular flexibility index (Phi) is 5.83. The zero-order valence-electron chi connectivity index (χ0n) is 13.1. The summed E-state index contributed by atoms with van der Waals surface area (Å²) >= 11 is 0. The molecule has 0 bridgehead atoms. The highest BCUT2D eigenvalue weighted by molar-refractivity contribution is 5.90. The van der Waals surface area contributed by atoms with Gasteiger partial charge in [0.1, 0.15) is 5.75 Å². The van der Waals surface area contributed by atoms with Crippen LogP contribution < -0.4 is 15.4 Å². The number of ether oxygens (including phenoxy) is 1. The van der Waals surface area contributed by atoms with E-state index in [1.807, 2.05) is 62.4 Å². The fourth-order valence-corrected chi connectivity index (χ4v) is 2.15. The minimum atomic E-state index is -0.183. The maximum Gasteiger partial charge on any atom is 0.319 e. The molecule has 4 heteroatoms. The largest absolute Gasteiger partial charge is 0.494 e. The maximum atomic E-state index is 11.9. The lowest BCUT2D eigenvalue weighted by molar-refractivity contribution is 0.250. The average Bonchev–Trinajstić information content (AvgIpc) is 2.52. The molecule has 0 aromatic heterocycles. The topological polar surface area (TPSA) is 50.4 Å². The number of benzene rings is 2. The monoisotopic (exact) mass is 298 g/mol. The molecule has 0 heterocycles. The third kappa shape index (κ3) is 4.81. The standard InChI is InChI=1S/C18H22N2O2/c1-14-8-6-9-15(2)17(14)20-18(21)19-12-7-13-22-16-10-4-3-5-11-16/h3-6,8-11H,7,12-13H2,1-2H3,(H2,19,20,21). The van der Waals surface area contributed by atoms with Crippen molar-refractivity contribution in [2.24, 2.45) is 0 Å². The van der Waals surface area contributed by atoms with Crippen LogP contribution in [0, 0.1) is 13.8 Å². The van der Waals surface area contributed by atoms with Gasteiger partial charge in [-0.3, -0.25) is 0 Å². The molecule has 4 nitrogen and oxygen atoms in total. The second-order valence-corrected chi connectivity index (χ2v) is 5.16. The number of carbonyl (C=O) groups excluding carboxylic acids is 1. The number of aryl methyl sites for hydroxylation is 2. The first-order valence-electron chi connectivity index (χ1n) is 7.46. The van der Waals surface area contributed by atoms with Crippen molar-refractivity contribution in [2.75, 3.05) is 18.5 Å². The molecule has 2 aromatic carbocycles. The van der Waals surface area contributed by atoms with E-state index in [-0.39, 0.29) is 6.03 Å². The van der Waals surface area contributed by atoms with Gasteiger partial charge in [0, 0.05) is 12.2 Å². The number of carbonyl (C=O) groups is 1. The highest BCUT2D eigenvalue weighted by Gasteiger charge is 2.06. The minimum Gasteiger partial charge on any atom is -0.494 e. The first-order valence-corrected chi connectivity index (χ1v) is 7.46. The molecule has 0 saturated heterocycles. The molecule has 0 fully saturated rings. The molecule has 0 radical (unpaired) electrons. The summed E-state index contributed by atoms with van der Waals surface area (Å²) in [5, 5.41) is 5.74. The van der Waals surface area contributed by atoms with Gasteiger partial charge in [-0.25, -0.2) is 4.79 Å². The van der Waals surface area contributed by atoms with Crippen molar-refractivity contribution in [1.82, 2.24) is 5.32 Å². The van der Waals surface area contributed by atoms with Crippen molar-refractivity contribution in [3.05, 3.63) is 59.7 Å². The van der Waals surface area contributed by atoms with E-state index in [2.05, 4.69) is 10.6 Å². The number of anilines is 1. The SMILES string of the molecule is Cc1cccc(C)c1NC(=O)NCCCOc1ccccc1. The number of nitrogens with one attached hydrogen (secondary N) is 2. The first-order chi connectivity index (χ1) is 10.7. The van der Waals surface area contributed by atoms with Gasteiger partial charge >= 0.3 is 6.03 Å². The summed E-state index contributed by atoms with van der Waals surface area (Å²) in [7, 11) is 0. The summed E-state index contributed by atoms with van der Waals surface area (Å²) in [4.78, 5) is 11.9. The Morgan fingerprint density at radius 2 is 1.68 bits per heavy atom. The van der Waals surface area contributed by atoms with E-state index < -0.39 is 0 Å². The lowest BCUT2D eigenvalue weighted by Crippen LogP contribution is -2.30. The molecular weight excluding hydrogens is 276 g/mol. The molecule has 0 aliphatic carbocycles. The van der Waals surface area contributed by atoms with Gasteiger partial charge in [-0.1, -0.05) is 36.4 Å². The molecule has 2 aromatic rings. The number of amides is 2. The van der Waals surface area contributed by atoms with Crippen molar-refractivity contribution in [2.45, 2.75) is 20.3 Å². The Morgan fingerprint density at radius 1 is 1.00 bits per heavy atom. The molecule has 0 unspecified atom stereocenters. The second-order valence-electron chi connectivity index (χ2n) is 5.16. The van der Waals surface area contributed by atoms with Crippen LogP contribution in [0.2, 0.25) is 0 Å². The lowest BCUT2D eigenvalue weighted by Gasteiger charge is -2.12. The Morgan fingerprint density at radius 3 is 2.36 bits per heavy atom. The summed E-state index contributed by atoms with van der Waals surface area (Å²) in [6, 6.07) is 15.4. The van der Waals surface area contributed by atoms with Gasteiger partial charge < -0.3 is 15.4 Å². The molecule has 0 aliphatic heterocycles. The van der Waals surface area contributed by atoms with Crippen LogP contribution in [-0.4, -0.2) is 19.2 Å². The Labute approximate surface area is 131 Å². The fourth-order valence-electron chi connectivity index (χ4n) is 2.15. The van der Waals surface area contributed by atoms with Crippen LogP contribution in [0.3, 0.4) is 0 Å². The highest BCUT2D eigenvalue weighted by atomic mass is 16.5. The van der Waals surface area contributed by atoms with E-state index in [1.165, 1.54) is 0 Å². The second kappa shape index (κ2) is 8.08. The third-order valence-electron chi connectivity index (χ3n) is 3.34. The van der Waals surface area contributed by atoms with Crippen LogP contribution in [0.15, 0.2) is 48.5 Å². The van der Waals surface area contributed by atoms with E-state index in [1.54, 1.807) is 0 Å². The summed E-state index contributed by atoms with van der Waals surface area (Å²) in [5.41, 5.74) is 2.99. The maximum absolute atomic E-state index is 11.9. The van der Waals surface area contributed by atoms with Crippen LogP contribution in [0.5, 0.6) is 5.75 Å². The van der Waals surface area contributed by atoms with E-state index in [0.29, 0.717) is 13.2 Å². The van der Waals surface area contributed by atoms with Crippen LogP contribution >= 0.6 is 0 Å². The number of urea groups is 1. The van der Waals surface area contributed by atoms with Crippen molar-refractivity contribution >= 4 is 11.7 Å². The number of rotatable bonds is 6. The van der Waals surface area contributed by atoms with E-state index >= 15 is 0 Å². The lowest BCUT2D eigenvalue weighted by atomic mass is 10.1. The minimum absolute atomic E-state index is 0.183. The molecule has 0 spiro atoms. The number of para-hydroxylation sites is 2. The van der Waals surface area contributed by atoms with Crippen molar-refractivity contribution in [3.8, 4) is 5.75 Å². The predicted molar refractivity (Wildman–Crippen MR) is 89.5 cm³/mol. The molecule has 0 atom stereocenters. The van der Waals surface area contributed by atoms with Gasteiger partial charge in [0.15, 0.2) is 0 Å². The van der Waals surface area contributed by atoms with E-state index in [4.69, 9.17) is 4.74 Å². The molecule has 0 aliphatic rings. The molecule has 2 N–H and O–H groups in total. The van der Waals surface area contributed by atoms with Crippen molar-refractivity contribution in [3.63, 3.8) is 0 Å². The van der Waals surface area contributed by atoms with Crippen LogP contribution in [-0.2, 0) is 0 Å². The Balaban J connectivity index is 1.68. The molecular formula is C18H22N2O2. The van der Waals surface area contributed by atoms with Gasteiger partial charge in [-0.05, 0) is 43.5 Å². The third-order valence-corrected chi connectivity index (χ3v) is 3.34. The quantitative estimate of drug-likeness (QED) is 0.795. The zero-order chi connectivity index (χ0) is 15.8. The Hall–Kier alpha value is -2.49. The van der Waals surface area contributed by atoms with Gasteiger partial charge in [0.2, 0.25) is 0 Å². The smallest absolute Gasteiger partial charge is 0.319 e. The molecule has 22 heavy (non-hydrogen) atoms. The Bertz CT molecular complexity index is 591. The van der Waals surface area contributed by atoms with Crippen molar-refractivity contribution < 1.29 is 9.53 Å². The number of hydrogen-bond donors (Lipinski definition) is 2. The predicted octanol–water partition coefficient (Wildman–Crippen LogP) is 3.89. The van der Waals surface area contributed by atoms with Crippen LogP contribution in [0.1, 0.15) is 17.5 Å². The summed E-state index contributed by atoms with van der Waals surface area (Å²) < 4.78 is 5.57. The van der Waals surface area contributed by atoms with Crippen LogP contribution in [0.4, 0.5) is 10.5 Å². The van der Waals surface area contributed by atoms with Gasteiger partial charge in [-0.15, -0.1) is 0 Å². The average molecular weight is 298 g/mol. The highest BCUT2D eigenvalue weighted by Crippen LogP contribution is 2.18. The van der Waals surface area contributed by atoms with E-state index in [0.717, 1.165) is 29.0 Å². The molecule has 116 valence electrons. The van der Waals surface area contributed by atoms with Crippen molar-refractivity contribution in [1.29, 1.82) is 0 Å². The summed E-state index contributed by atoms with van der Waals surface area (Å²) in [6.07, 6.45) is 0.759. The molecule has 0 saturated carbocycles. The molecule has 2 amide bonds. The summed E-state index contributed by atoms with van der Waals surface area (Å²) in [6.45, 7) is 5.11. The zero-order valence-corrected chi connectivity index (χ0v) is 13.1. The van der Waals surface area contributed by atoms with E-state index in [9.17, 15) is 4.79 Å². The van der Waals surface area contributed by atoms with Gasteiger partial charge in [0.05, 0.1) is 6.61 Å². The fraction of sp³-hybridized carbons (Fsp3) is 0.278. The van der Waals surface area contributed by atoms with Gasteiger partial charge in [0.25, 0.3) is 0 Å². The normalized spacial score (nSPS) is 10.1.